The number of carboxylic acid groups (broad SMARTS) is 1. The van der Waals surface area contributed by atoms with Gasteiger partial charge in [-0.25, -0.2) is 0 Å². The predicted octanol–water partition coefficient (Wildman–Crippen LogP) is 2.61. The minimum absolute atomic E-state index is 0.0899. The first-order valence-corrected chi connectivity index (χ1v) is 5.08. The summed E-state index contributed by atoms with van der Waals surface area (Å²) in [4.78, 5) is 11.1. The van der Waals surface area contributed by atoms with Crippen LogP contribution in [0.3, 0.4) is 0 Å². The smallest absolute Gasteiger partial charge is 0.311 e. The first-order chi connectivity index (χ1) is 7.06. The third kappa shape index (κ3) is 2.72. The Hall–Kier alpha value is -1.51. The largest absolute Gasteiger partial charge is 0.508 e. The summed E-state index contributed by atoms with van der Waals surface area (Å²) in [6, 6.07) is 6.38. The third-order valence-corrected chi connectivity index (χ3v) is 2.73. The van der Waals surface area contributed by atoms with Crippen LogP contribution in [0.1, 0.15) is 31.7 Å². The quantitative estimate of drug-likeness (QED) is 0.799. The molecule has 0 aliphatic heterocycles. The van der Waals surface area contributed by atoms with Crippen LogP contribution in [0.15, 0.2) is 24.3 Å². The molecule has 0 radical (unpaired) electrons. The van der Waals surface area contributed by atoms with Gasteiger partial charge in [0.2, 0.25) is 0 Å². The molecule has 1 aromatic carbocycles. The Labute approximate surface area is 89.4 Å². The minimum Gasteiger partial charge on any atom is -0.508 e. The van der Waals surface area contributed by atoms with Gasteiger partial charge < -0.3 is 10.2 Å². The van der Waals surface area contributed by atoms with Crippen molar-refractivity contribution < 1.29 is 15.0 Å². The average Bonchev–Trinajstić information content (AvgIpc) is 2.20. The molecule has 0 saturated heterocycles. The molecule has 0 bridgehead atoms. The zero-order valence-electron chi connectivity index (χ0n) is 8.97. The molecule has 0 aliphatic carbocycles. The highest BCUT2D eigenvalue weighted by Gasteiger charge is 2.25. The maximum Gasteiger partial charge on any atom is 0.311 e. The second-order valence-corrected chi connectivity index (χ2v) is 3.79. The summed E-state index contributed by atoms with van der Waals surface area (Å²) in [6.45, 7) is 3.90. The molecule has 82 valence electrons. The van der Waals surface area contributed by atoms with Crippen molar-refractivity contribution in [3.05, 3.63) is 29.8 Å². The van der Waals surface area contributed by atoms with Gasteiger partial charge in [-0.3, -0.25) is 4.79 Å². The van der Waals surface area contributed by atoms with E-state index in [9.17, 15) is 4.79 Å². The molecule has 0 heterocycles. The molecule has 15 heavy (non-hydrogen) atoms. The molecule has 2 unspecified atom stereocenters. The van der Waals surface area contributed by atoms with E-state index in [1.54, 1.807) is 12.1 Å². The molecule has 3 heteroatoms. The summed E-state index contributed by atoms with van der Waals surface area (Å²) < 4.78 is 0. The first kappa shape index (κ1) is 11.6. The van der Waals surface area contributed by atoms with E-state index in [0.717, 1.165) is 12.0 Å². The maximum atomic E-state index is 11.1. The van der Waals surface area contributed by atoms with Crippen molar-refractivity contribution in [2.24, 2.45) is 5.92 Å². The van der Waals surface area contributed by atoms with Crippen LogP contribution in [0.2, 0.25) is 0 Å². The van der Waals surface area contributed by atoms with E-state index >= 15 is 0 Å². The molecule has 0 spiro atoms. The molecule has 1 aromatic rings. The molecule has 1 rings (SSSR count). The van der Waals surface area contributed by atoms with E-state index in [1.807, 2.05) is 13.8 Å². The van der Waals surface area contributed by atoms with Crippen LogP contribution in [0.4, 0.5) is 0 Å². The number of rotatable bonds is 4. The highest BCUT2D eigenvalue weighted by atomic mass is 16.4. The summed E-state index contributed by atoms with van der Waals surface area (Å²) >= 11 is 0. The zero-order chi connectivity index (χ0) is 11.4. The number of hydrogen-bond acceptors (Lipinski definition) is 2. The summed E-state index contributed by atoms with van der Waals surface area (Å²) in [7, 11) is 0. The van der Waals surface area contributed by atoms with Crippen LogP contribution in [-0.2, 0) is 4.79 Å². The lowest BCUT2D eigenvalue weighted by Gasteiger charge is -2.18. The lowest BCUT2D eigenvalue weighted by Crippen LogP contribution is -2.18. The highest BCUT2D eigenvalue weighted by molar-refractivity contribution is 5.76. The van der Waals surface area contributed by atoms with E-state index in [4.69, 9.17) is 10.2 Å². The Bertz CT molecular complexity index is 329. The number of phenolic OH excluding ortho intramolecular Hbond substituents is 1. The average molecular weight is 208 g/mol. The van der Waals surface area contributed by atoms with Crippen molar-refractivity contribution in [2.45, 2.75) is 26.2 Å². The van der Waals surface area contributed by atoms with Crippen molar-refractivity contribution >= 4 is 5.97 Å². The summed E-state index contributed by atoms with van der Waals surface area (Å²) in [5.74, 6) is -1.05. The number of aromatic hydroxyl groups is 1. The van der Waals surface area contributed by atoms with E-state index < -0.39 is 11.9 Å². The standard InChI is InChI=1S/C12H16O3/c1-3-8(2)11(12(14)15)9-4-6-10(13)7-5-9/h4-8,11,13H,3H2,1-2H3,(H,14,15). The second kappa shape index (κ2) is 4.82. The van der Waals surface area contributed by atoms with Gasteiger partial charge in [0.1, 0.15) is 5.75 Å². The van der Waals surface area contributed by atoms with Crippen LogP contribution < -0.4 is 0 Å². The van der Waals surface area contributed by atoms with Crippen molar-refractivity contribution in [3.8, 4) is 5.75 Å². The van der Waals surface area contributed by atoms with Gasteiger partial charge in [-0.15, -0.1) is 0 Å². The predicted molar refractivity (Wildman–Crippen MR) is 57.9 cm³/mol. The van der Waals surface area contributed by atoms with E-state index in [0.29, 0.717) is 0 Å². The van der Waals surface area contributed by atoms with Crippen LogP contribution in [0, 0.1) is 5.92 Å². The van der Waals surface area contributed by atoms with Gasteiger partial charge in [0, 0.05) is 0 Å². The van der Waals surface area contributed by atoms with E-state index in [1.165, 1.54) is 12.1 Å². The van der Waals surface area contributed by atoms with Crippen molar-refractivity contribution in [1.29, 1.82) is 0 Å². The minimum atomic E-state index is -0.810. The second-order valence-electron chi connectivity index (χ2n) is 3.79. The van der Waals surface area contributed by atoms with Gasteiger partial charge >= 0.3 is 5.97 Å². The normalized spacial score (nSPS) is 14.5. The SMILES string of the molecule is CCC(C)C(C(=O)O)c1ccc(O)cc1. The van der Waals surface area contributed by atoms with Gasteiger partial charge in [0.15, 0.2) is 0 Å². The molecule has 0 amide bonds. The number of carboxylic acids is 1. The first-order valence-electron chi connectivity index (χ1n) is 5.08. The van der Waals surface area contributed by atoms with Crippen molar-refractivity contribution in [2.75, 3.05) is 0 Å². The molecule has 0 aliphatic rings. The molecule has 3 nitrogen and oxygen atoms in total. The topological polar surface area (TPSA) is 57.5 Å². The third-order valence-electron chi connectivity index (χ3n) is 2.73. The Kier molecular flexibility index (Phi) is 3.72. The fourth-order valence-corrected chi connectivity index (χ4v) is 1.63. The fraction of sp³-hybridized carbons (Fsp3) is 0.417. The molecule has 0 saturated carbocycles. The molecular weight excluding hydrogens is 192 g/mol. The Morgan fingerprint density at radius 3 is 2.27 bits per heavy atom. The number of carbonyl (C=O) groups is 1. The Morgan fingerprint density at radius 2 is 1.87 bits per heavy atom. The Morgan fingerprint density at radius 1 is 1.33 bits per heavy atom. The number of hydrogen-bond donors (Lipinski definition) is 2. The van der Waals surface area contributed by atoms with Crippen molar-refractivity contribution in [1.82, 2.24) is 0 Å². The maximum absolute atomic E-state index is 11.1. The Balaban J connectivity index is 2.99. The molecule has 2 atom stereocenters. The van der Waals surface area contributed by atoms with Gasteiger partial charge in [-0.05, 0) is 23.6 Å². The van der Waals surface area contributed by atoms with Gasteiger partial charge in [0.25, 0.3) is 0 Å². The summed E-state index contributed by atoms with van der Waals surface area (Å²) in [5, 5.41) is 18.3. The number of phenols is 1. The fourth-order valence-electron chi connectivity index (χ4n) is 1.63. The van der Waals surface area contributed by atoms with Crippen LogP contribution in [-0.4, -0.2) is 16.2 Å². The van der Waals surface area contributed by atoms with Crippen LogP contribution in [0.5, 0.6) is 5.75 Å². The van der Waals surface area contributed by atoms with Gasteiger partial charge in [-0.1, -0.05) is 32.4 Å². The van der Waals surface area contributed by atoms with Gasteiger partial charge in [0.05, 0.1) is 5.92 Å². The molecule has 0 fully saturated rings. The summed E-state index contributed by atoms with van der Waals surface area (Å²) in [6.07, 6.45) is 0.817. The summed E-state index contributed by atoms with van der Waals surface area (Å²) in [5.41, 5.74) is 0.745. The molecular formula is C12H16O3. The van der Waals surface area contributed by atoms with E-state index in [2.05, 4.69) is 0 Å². The van der Waals surface area contributed by atoms with Crippen molar-refractivity contribution in [3.63, 3.8) is 0 Å². The highest BCUT2D eigenvalue weighted by Crippen LogP contribution is 2.28. The number of aliphatic carboxylic acids is 1. The lowest BCUT2D eigenvalue weighted by atomic mass is 9.86. The number of benzene rings is 1. The van der Waals surface area contributed by atoms with Gasteiger partial charge in [-0.2, -0.15) is 0 Å². The lowest BCUT2D eigenvalue weighted by molar-refractivity contribution is -0.140. The van der Waals surface area contributed by atoms with Crippen LogP contribution in [0.25, 0.3) is 0 Å². The van der Waals surface area contributed by atoms with E-state index in [-0.39, 0.29) is 11.7 Å². The van der Waals surface area contributed by atoms with Crippen LogP contribution >= 0.6 is 0 Å². The zero-order valence-corrected chi connectivity index (χ0v) is 8.97. The molecule has 2 N–H and O–H groups in total. The molecule has 0 aromatic heterocycles. The monoisotopic (exact) mass is 208 g/mol.